The van der Waals surface area contributed by atoms with Gasteiger partial charge in [-0.05, 0) is 29.5 Å². The average Bonchev–Trinajstić information content (AvgIpc) is 2.47. The van der Waals surface area contributed by atoms with Gasteiger partial charge in [0.25, 0.3) is 0 Å². The average molecular weight is 284 g/mol. The molecule has 2 aromatic rings. The Hall–Kier alpha value is -1.78. The molecule has 1 atom stereocenters. The van der Waals surface area contributed by atoms with Crippen LogP contribution in [-0.4, -0.2) is 0 Å². The van der Waals surface area contributed by atoms with Crippen molar-refractivity contribution in [3.8, 4) is 6.07 Å². The first-order chi connectivity index (χ1) is 9.60. The molecular weight excluding hydrogens is 266 g/mol. The predicted octanol–water partition coefficient (Wildman–Crippen LogP) is 5.00. The summed E-state index contributed by atoms with van der Waals surface area (Å²) in [4.78, 5) is 0. The first-order valence-corrected chi connectivity index (χ1v) is 7.18. The fourth-order valence-corrected chi connectivity index (χ4v) is 2.75. The van der Waals surface area contributed by atoms with Crippen LogP contribution in [0.5, 0.6) is 0 Å². The van der Waals surface area contributed by atoms with E-state index in [1.54, 1.807) is 0 Å². The molecule has 2 aromatic carbocycles. The molecule has 1 unspecified atom stereocenters. The molecule has 2 heteroatoms. The fourth-order valence-electron chi connectivity index (χ4n) is 2.55. The number of hydrogen-bond donors (Lipinski definition) is 0. The van der Waals surface area contributed by atoms with Crippen molar-refractivity contribution in [2.24, 2.45) is 5.92 Å². The summed E-state index contributed by atoms with van der Waals surface area (Å²) in [6, 6.07) is 20.3. The molecule has 0 N–H and O–H groups in total. The van der Waals surface area contributed by atoms with Crippen LogP contribution in [0.4, 0.5) is 0 Å². The van der Waals surface area contributed by atoms with E-state index in [1.165, 1.54) is 0 Å². The van der Waals surface area contributed by atoms with Crippen LogP contribution >= 0.6 is 11.6 Å². The Morgan fingerprint density at radius 2 is 1.65 bits per heavy atom. The summed E-state index contributed by atoms with van der Waals surface area (Å²) in [5.41, 5.74) is 1.53. The SMILES string of the molecule is CC(C)C(C#N)(Cc1ccccc1Cl)c1ccccc1. The van der Waals surface area contributed by atoms with E-state index in [1.807, 2.05) is 54.6 Å². The molecule has 0 aliphatic heterocycles. The van der Waals surface area contributed by atoms with Gasteiger partial charge in [0.2, 0.25) is 0 Å². The molecule has 0 aliphatic carbocycles. The normalized spacial score (nSPS) is 13.8. The second-order valence-electron chi connectivity index (χ2n) is 5.37. The van der Waals surface area contributed by atoms with Crippen molar-refractivity contribution in [2.45, 2.75) is 25.7 Å². The van der Waals surface area contributed by atoms with Crippen LogP contribution in [0.3, 0.4) is 0 Å². The van der Waals surface area contributed by atoms with Gasteiger partial charge in [-0.1, -0.05) is 74.0 Å². The van der Waals surface area contributed by atoms with Crippen molar-refractivity contribution in [1.82, 2.24) is 0 Å². The van der Waals surface area contributed by atoms with E-state index in [2.05, 4.69) is 19.9 Å². The second kappa shape index (κ2) is 6.11. The van der Waals surface area contributed by atoms with Crippen LogP contribution in [0.25, 0.3) is 0 Å². The van der Waals surface area contributed by atoms with Gasteiger partial charge in [-0.25, -0.2) is 0 Å². The van der Waals surface area contributed by atoms with Gasteiger partial charge in [0.1, 0.15) is 0 Å². The number of hydrogen-bond acceptors (Lipinski definition) is 1. The minimum atomic E-state index is -0.549. The van der Waals surface area contributed by atoms with Crippen molar-refractivity contribution in [2.75, 3.05) is 0 Å². The smallest absolute Gasteiger partial charge is 0.0885 e. The summed E-state index contributed by atoms with van der Waals surface area (Å²) in [5, 5.41) is 10.6. The van der Waals surface area contributed by atoms with Gasteiger partial charge >= 0.3 is 0 Å². The molecular formula is C18H18ClN. The maximum atomic E-state index is 9.86. The third-order valence-electron chi connectivity index (χ3n) is 3.90. The molecule has 0 amide bonds. The van der Waals surface area contributed by atoms with Crippen LogP contribution in [0.15, 0.2) is 54.6 Å². The lowest BCUT2D eigenvalue weighted by Gasteiger charge is -2.31. The minimum absolute atomic E-state index is 0.200. The summed E-state index contributed by atoms with van der Waals surface area (Å²) in [6.07, 6.45) is 0.630. The van der Waals surface area contributed by atoms with Crippen molar-refractivity contribution < 1.29 is 0 Å². The highest BCUT2D eigenvalue weighted by atomic mass is 35.5. The van der Waals surface area contributed by atoms with Crippen molar-refractivity contribution in [3.05, 3.63) is 70.7 Å². The molecule has 0 heterocycles. The molecule has 0 spiro atoms. The minimum Gasteiger partial charge on any atom is -0.197 e. The number of halogens is 1. The van der Waals surface area contributed by atoms with Crippen molar-refractivity contribution >= 4 is 11.6 Å². The molecule has 2 rings (SSSR count). The molecule has 20 heavy (non-hydrogen) atoms. The second-order valence-corrected chi connectivity index (χ2v) is 5.78. The van der Waals surface area contributed by atoms with E-state index in [9.17, 15) is 5.26 Å². The Balaban J connectivity index is 2.50. The summed E-state index contributed by atoms with van der Waals surface area (Å²) >= 11 is 6.27. The molecule has 0 saturated carbocycles. The summed E-state index contributed by atoms with van der Waals surface area (Å²) in [7, 11) is 0. The first kappa shape index (κ1) is 14.6. The van der Waals surface area contributed by atoms with E-state index >= 15 is 0 Å². The molecule has 0 aromatic heterocycles. The van der Waals surface area contributed by atoms with Gasteiger partial charge in [-0.2, -0.15) is 5.26 Å². The van der Waals surface area contributed by atoms with E-state index in [4.69, 9.17) is 11.6 Å². The summed E-state index contributed by atoms with van der Waals surface area (Å²) in [6.45, 7) is 4.18. The summed E-state index contributed by atoms with van der Waals surface area (Å²) in [5.74, 6) is 0.200. The maximum Gasteiger partial charge on any atom is 0.0885 e. The first-order valence-electron chi connectivity index (χ1n) is 6.80. The zero-order chi connectivity index (χ0) is 14.6. The predicted molar refractivity (Wildman–Crippen MR) is 83.7 cm³/mol. The lowest BCUT2D eigenvalue weighted by molar-refractivity contribution is 0.392. The van der Waals surface area contributed by atoms with Crippen molar-refractivity contribution in [3.63, 3.8) is 0 Å². The third kappa shape index (κ3) is 2.71. The number of nitrogens with zero attached hydrogens (tertiary/aromatic N) is 1. The number of nitriles is 1. The number of benzene rings is 2. The van der Waals surface area contributed by atoms with Gasteiger partial charge in [0.15, 0.2) is 0 Å². The van der Waals surface area contributed by atoms with Gasteiger partial charge in [-0.3, -0.25) is 0 Å². The molecule has 0 saturated heterocycles. The van der Waals surface area contributed by atoms with Crippen molar-refractivity contribution in [1.29, 1.82) is 5.26 Å². The van der Waals surface area contributed by atoms with Crippen LogP contribution < -0.4 is 0 Å². The molecule has 0 radical (unpaired) electrons. The van der Waals surface area contributed by atoms with Gasteiger partial charge in [-0.15, -0.1) is 0 Å². The van der Waals surface area contributed by atoms with Gasteiger partial charge in [0, 0.05) is 5.02 Å². The van der Waals surface area contributed by atoms with E-state index in [0.717, 1.165) is 16.1 Å². The van der Waals surface area contributed by atoms with E-state index in [-0.39, 0.29) is 5.92 Å². The Morgan fingerprint density at radius 1 is 1.05 bits per heavy atom. The Morgan fingerprint density at radius 3 is 2.20 bits per heavy atom. The topological polar surface area (TPSA) is 23.8 Å². The zero-order valence-corrected chi connectivity index (χ0v) is 12.6. The zero-order valence-electron chi connectivity index (χ0n) is 11.8. The van der Waals surface area contributed by atoms with Crippen LogP contribution in [0.1, 0.15) is 25.0 Å². The Bertz CT molecular complexity index is 613. The molecule has 102 valence electrons. The van der Waals surface area contributed by atoms with E-state index in [0.29, 0.717) is 6.42 Å². The standard InChI is InChI=1S/C18H18ClN/c1-14(2)18(13-20,16-9-4-3-5-10-16)12-15-8-6-7-11-17(15)19/h3-11,14H,12H2,1-2H3. The van der Waals surface area contributed by atoms with Gasteiger partial charge in [0.05, 0.1) is 11.5 Å². The van der Waals surface area contributed by atoms with E-state index < -0.39 is 5.41 Å². The molecule has 0 bridgehead atoms. The highest BCUT2D eigenvalue weighted by molar-refractivity contribution is 6.31. The quantitative estimate of drug-likeness (QED) is 0.774. The highest BCUT2D eigenvalue weighted by Gasteiger charge is 2.36. The van der Waals surface area contributed by atoms with Gasteiger partial charge < -0.3 is 0 Å². The molecule has 0 fully saturated rings. The lowest BCUT2D eigenvalue weighted by atomic mass is 9.69. The monoisotopic (exact) mass is 283 g/mol. The van der Waals surface area contributed by atoms with Crippen LogP contribution in [0.2, 0.25) is 5.02 Å². The molecule has 0 aliphatic rings. The van der Waals surface area contributed by atoms with Crippen LogP contribution in [0, 0.1) is 17.2 Å². The highest BCUT2D eigenvalue weighted by Crippen LogP contribution is 2.36. The molecule has 1 nitrogen and oxygen atoms in total. The Kier molecular flexibility index (Phi) is 4.47. The van der Waals surface area contributed by atoms with Crippen LogP contribution in [-0.2, 0) is 11.8 Å². The Labute approximate surface area is 125 Å². The number of rotatable bonds is 4. The largest absolute Gasteiger partial charge is 0.197 e. The maximum absolute atomic E-state index is 9.86. The third-order valence-corrected chi connectivity index (χ3v) is 4.27. The fraction of sp³-hybridized carbons (Fsp3) is 0.278. The lowest BCUT2D eigenvalue weighted by Crippen LogP contribution is -2.33. The summed E-state index contributed by atoms with van der Waals surface area (Å²) < 4.78 is 0.